The minimum atomic E-state index is -0.562. The number of ketones is 1. The van der Waals surface area contributed by atoms with Crippen LogP contribution >= 0.6 is 0 Å². The van der Waals surface area contributed by atoms with Gasteiger partial charge in [-0.25, -0.2) is 0 Å². The van der Waals surface area contributed by atoms with E-state index in [9.17, 15) is 19.8 Å². The van der Waals surface area contributed by atoms with Gasteiger partial charge in [0.05, 0.1) is 21.9 Å². The van der Waals surface area contributed by atoms with Crippen molar-refractivity contribution in [2.24, 2.45) is 0 Å². The lowest BCUT2D eigenvalue weighted by Gasteiger charge is -2.08. The second-order valence-electron chi connectivity index (χ2n) is 5.61. The van der Waals surface area contributed by atoms with Gasteiger partial charge in [0.25, 0.3) is 0 Å². The van der Waals surface area contributed by atoms with Crippen LogP contribution in [-0.4, -0.2) is 16.0 Å². The van der Waals surface area contributed by atoms with Crippen LogP contribution in [0.2, 0.25) is 0 Å². The number of carbonyl (C=O) groups excluding carboxylic acids is 1. The fourth-order valence-electron chi connectivity index (χ4n) is 2.85. The monoisotopic (exact) mass is 332 g/mol. The summed E-state index contributed by atoms with van der Waals surface area (Å²) >= 11 is 0. The first kappa shape index (κ1) is 15.0. The minimum Gasteiger partial charge on any atom is -0.507 e. The Labute approximate surface area is 141 Å². The van der Waals surface area contributed by atoms with Crippen molar-refractivity contribution in [3.05, 3.63) is 82.0 Å². The maximum atomic E-state index is 12.6. The Balaban J connectivity index is 2.00. The van der Waals surface area contributed by atoms with E-state index >= 15 is 0 Å². The summed E-state index contributed by atoms with van der Waals surface area (Å²) in [5, 5.41) is 21.0. The van der Waals surface area contributed by atoms with Crippen LogP contribution in [0.3, 0.4) is 0 Å². The summed E-state index contributed by atoms with van der Waals surface area (Å²) in [6.45, 7) is 0. The van der Waals surface area contributed by atoms with Crippen molar-refractivity contribution >= 4 is 27.7 Å². The Morgan fingerprint density at radius 1 is 0.800 bits per heavy atom. The SMILES string of the molecule is O=C(c1ccccc1O)c1ccc2c(=O)c3ccccc3oc2c1O. The summed E-state index contributed by atoms with van der Waals surface area (Å²) in [6, 6.07) is 15.5. The molecule has 2 N–H and O–H groups in total. The maximum Gasteiger partial charge on any atom is 0.200 e. The first-order valence-electron chi connectivity index (χ1n) is 7.58. The molecule has 122 valence electrons. The van der Waals surface area contributed by atoms with E-state index in [1.54, 1.807) is 36.4 Å². The molecule has 0 unspecified atom stereocenters. The van der Waals surface area contributed by atoms with Crippen LogP contribution in [0.25, 0.3) is 21.9 Å². The fourth-order valence-corrected chi connectivity index (χ4v) is 2.85. The number of phenols is 2. The average molecular weight is 332 g/mol. The van der Waals surface area contributed by atoms with Crippen LogP contribution in [0.5, 0.6) is 11.5 Å². The number of para-hydroxylation sites is 2. The van der Waals surface area contributed by atoms with Gasteiger partial charge in [0.15, 0.2) is 11.3 Å². The second-order valence-corrected chi connectivity index (χ2v) is 5.61. The van der Waals surface area contributed by atoms with Crippen LogP contribution < -0.4 is 5.43 Å². The summed E-state index contributed by atoms with van der Waals surface area (Å²) in [4.78, 5) is 25.2. The van der Waals surface area contributed by atoms with E-state index in [0.717, 1.165) is 0 Å². The first-order valence-corrected chi connectivity index (χ1v) is 7.58. The largest absolute Gasteiger partial charge is 0.507 e. The van der Waals surface area contributed by atoms with Crippen molar-refractivity contribution < 1.29 is 19.4 Å². The summed E-state index contributed by atoms with van der Waals surface area (Å²) < 4.78 is 5.65. The highest BCUT2D eigenvalue weighted by molar-refractivity contribution is 6.14. The van der Waals surface area contributed by atoms with Crippen molar-refractivity contribution in [1.29, 1.82) is 0 Å². The molecule has 5 nitrogen and oxygen atoms in total. The molecule has 0 saturated heterocycles. The van der Waals surface area contributed by atoms with Crippen molar-refractivity contribution in [2.45, 2.75) is 0 Å². The Morgan fingerprint density at radius 2 is 1.52 bits per heavy atom. The topological polar surface area (TPSA) is 87.7 Å². The molecular formula is C20H12O5. The molecule has 5 heteroatoms. The van der Waals surface area contributed by atoms with Gasteiger partial charge in [0.2, 0.25) is 11.2 Å². The molecule has 0 fully saturated rings. The summed E-state index contributed by atoms with van der Waals surface area (Å²) in [5.41, 5.74) is -0.00569. The van der Waals surface area contributed by atoms with Crippen LogP contribution in [-0.2, 0) is 0 Å². The van der Waals surface area contributed by atoms with Crippen LogP contribution in [0.1, 0.15) is 15.9 Å². The first-order chi connectivity index (χ1) is 12.1. The smallest absolute Gasteiger partial charge is 0.200 e. The fraction of sp³-hybridized carbons (Fsp3) is 0. The van der Waals surface area contributed by atoms with Crippen molar-refractivity contribution in [3.63, 3.8) is 0 Å². The third-order valence-corrected chi connectivity index (χ3v) is 4.11. The van der Waals surface area contributed by atoms with Crippen LogP contribution in [0.15, 0.2) is 69.9 Å². The molecule has 0 bridgehead atoms. The van der Waals surface area contributed by atoms with Gasteiger partial charge in [-0.1, -0.05) is 24.3 Å². The lowest BCUT2D eigenvalue weighted by molar-refractivity contribution is 0.103. The van der Waals surface area contributed by atoms with Gasteiger partial charge in [0, 0.05) is 0 Å². The molecule has 0 aliphatic heterocycles. The number of benzene rings is 3. The highest BCUT2D eigenvalue weighted by atomic mass is 16.4. The van der Waals surface area contributed by atoms with Gasteiger partial charge < -0.3 is 14.6 Å². The molecule has 1 aromatic heterocycles. The zero-order valence-corrected chi connectivity index (χ0v) is 12.9. The third kappa shape index (κ3) is 2.25. The highest BCUT2D eigenvalue weighted by Gasteiger charge is 2.21. The second kappa shape index (κ2) is 5.49. The standard InChI is InChI=1S/C20H12O5/c21-15-7-3-1-5-11(15)17(22)13-9-10-14-18(23)12-6-2-4-8-16(12)25-20(14)19(13)24/h1-10,21,24H. The molecule has 0 atom stereocenters. The normalized spacial score (nSPS) is 11.0. The number of aromatic hydroxyl groups is 2. The van der Waals surface area contributed by atoms with E-state index < -0.39 is 11.5 Å². The lowest BCUT2D eigenvalue weighted by Crippen LogP contribution is -2.06. The molecule has 0 spiro atoms. The Kier molecular flexibility index (Phi) is 3.28. The number of hydrogen-bond acceptors (Lipinski definition) is 5. The molecule has 0 aliphatic rings. The molecule has 4 rings (SSSR count). The van der Waals surface area contributed by atoms with Gasteiger partial charge in [-0.15, -0.1) is 0 Å². The average Bonchev–Trinajstić information content (AvgIpc) is 2.63. The predicted molar refractivity (Wildman–Crippen MR) is 93.2 cm³/mol. The quantitative estimate of drug-likeness (QED) is 0.433. The molecule has 4 aromatic rings. The van der Waals surface area contributed by atoms with E-state index in [1.165, 1.54) is 24.3 Å². The van der Waals surface area contributed by atoms with Gasteiger partial charge in [-0.2, -0.15) is 0 Å². The third-order valence-electron chi connectivity index (χ3n) is 4.11. The molecule has 0 saturated carbocycles. The molecule has 25 heavy (non-hydrogen) atoms. The number of fused-ring (bicyclic) bond motifs is 2. The molecule has 3 aromatic carbocycles. The van der Waals surface area contributed by atoms with Gasteiger partial charge in [-0.3, -0.25) is 9.59 Å². The molecule has 0 aliphatic carbocycles. The Bertz CT molecular complexity index is 1200. The summed E-state index contributed by atoms with van der Waals surface area (Å²) in [7, 11) is 0. The summed E-state index contributed by atoms with van der Waals surface area (Å²) in [5.74, 6) is -1.17. The van der Waals surface area contributed by atoms with Crippen molar-refractivity contribution in [2.75, 3.05) is 0 Å². The van der Waals surface area contributed by atoms with E-state index in [4.69, 9.17) is 4.42 Å². The Morgan fingerprint density at radius 3 is 2.32 bits per heavy atom. The number of carbonyl (C=O) groups is 1. The number of rotatable bonds is 2. The van der Waals surface area contributed by atoms with E-state index in [-0.39, 0.29) is 33.3 Å². The molecular weight excluding hydrogens is 320 g/mol. The van der Waals surface area contributed by atoms with Gasteiger partial charge in [0.1, 0.15) is 11.3 Å². The van der Waals surface area contributed by atoms with E-state index in [2.05, 4.69) is 0 Å². The predicted octanol–water partition coefficient (Wildman–Crippen LogP) is 3.59. The van der Waals surface area contributed by atoms with Gasteiger partial charge >= 0.3 is 0 Å². The molecule has 0 radical (unpaired) electrons. The highest BCUT2D eigenvalue weighted by Crippen LogP contribution is 2.32. The zero-order chi connectivity index (χ0) is 17.6. The van der Waals surface area contributed by atoms with E-state index in [1.807, 2.05) is 0 Å². The lowest BCUT2D eigenvalue weighted by atomic mass is 9.99. The number of phenolic OH excluding ortho intramolecular Hbond substituents is 2. The zero-order valence-electron chi connectivity index (χ0n) is 12.9. The van der Waals surface area contributed by atoms with Crippen molar-refractivity contribution in [1.82, 2.24) is 0 Å². The van der Waals surface area contributed by atoms with Crippen LogP contribution in [0.4, 0.5) is 0 Å². The molecule has 0 amide bonds. The molecule has 1 heterocycles. The maximum absolute atomic E-state index is 12.6. The van der Waals surface area contributed by atoms with Gasteiger partial charge in [-0.05, 0) is 36.4 Å². The minimum absolute atomic E-state index is 0.0487. The van der Waals surface area contributed by atoms with Crippen LogP contribution in [0, 0.1) is 0 Å². The van der Waals surface area contributed by atoms with Crippen molar-refractivity contribution in [3.8, 4) is 11.5 Å². The Hall–Kier alpha value is -3.60. The number of hydrogen-bond donors (Lipinski definition) is 2. The van der Waals surface area contributed by atoms with E-state index in [0.29, 0.717) is 11.0 Å². The summed E-state index contributed by atoms with van der Waals surface area (Å²) in [6.07, 6.45) is 0.